The smallest absolute Gasteiger partial charge is 0.162 e. The van der Waals surface area contributed by atoms with Gasteiger partial charge < -0.3 is 4.98 Å². The maximum Gasteiger partial charge on any atom is 0.162 e. The highest BCUT2D eigenvalue weighted by Gasteiger charge is 1.90. The zero-order valence-electron chi connectivity index (χ0n) is 4.39. The van der Waals surface area contributed by atoms with Gasteiger partial charge in [0, 0.05) is 6.20 Å². The van der Waals surface area contributed by atoms with E-state index in [1.54, 1.807) is 6.20 Å². The van der Waals surface area contributed by atoms with Gasteiger partial charge in [0.15, 0.2) is 5.16 Å². The van der Waals surface area contributed by atoms with Gasteiger partial charge in [-0.3, -0.25) is 0 Å². The van der Waals surface area contributed by atoms with Crippen molar-refractivity contribution in [2.45, 2.75) is 11.6 Å². The average Bonchev–Trinajstić information content (AvgIpc) is 2.14. The van der Waals surface area contributed by atoms with Crippen LogP contribution in [0.1, 0.15) is 5.69 Å². The highest BCUT2D eigenvalue weighted by Crippen LogP contribution is 1.99. The lowest BCUT2D eigenvalue weighted by Crippen LogP contribution is -1.75. The maximum atomic E-state index is 3.98. The van der Waals surface area contributed by atoms with E-state index in [-0.39, 0.29) is 0 Å². The molecular weight excluding hydrogens is 120 g/mol. The molecule has 0 aliphatic rings. The molecule has 0 aliphatic heterocycles. The number of H-pyrrole nitrogens is 1. The Morgan fingerprint density at radius 1 is 1.88 bits per heavy atom. The topological polar surface area (TPSA) is 28.7 Å². The maximum absolute atomic E-state index is 3.98. The Morgan fingerprint density at radius 3 is 2.88 bits per heavy atom. The van der Waals surface area contributed by atoms with Crippen molar-refractivity contribution in [3.8, 4) is 0 Å². The van der Waals surface area contributed by atoms with Crippen LogP contribution in [0, 0.1) is 6.92 Å². The van der Waals surface area contributed by atoms with E-state index in [9.17, 15) is 0 Å². The molecule has 1 N–H and O–H groups in total. The van der Waals surface area contributed by atoms with Crippen LogP contribution in [0.3, 0.4) is 0 Å². The van der Waals surface area contributed by atoms with Gasteiger partial charge in [-0.15, -0.1) is 12.6 Å². The molecule has 43 valence electrons. The van der Waals surface area contributed by atoms with Crippen LogP contribution in [-0.4, -0.2) is 9.97 Å². The molecule has 0 atom stereocenters. The molecule has 0 saturated heterocycles. The molecule has 3 heteroatoms. The lowest BCUT2D eigenvalue weighted by atomic mass is 10.4. The van der Waals surface area contributed by atoms with Crippen molar-refractivity contribution in [3.63, 3.8) is 0 Å². The number of rotatable bonds is 1. The van der Waals surface area contributed by atoms with Gasteiger partial charge >= 0.3 is 0 Å². The Morgan fingerprint density at radius 2 is 2.62 bits per heavy atom. The fraction of sp³-hybridized carbons (Fsp3) is 0.200. The molecule has 1 aromatic heterocycles. The van der Waals surface area contributed by atoms with Gasteiger partial charge in [-0.2, -0.15) is 0 Å². The van der Waals surface area contributed by atoms with Crippen LogP contribution >= 0.6 is 12.6 Å². The van der Waals surface area contributed by atoms with E-state index < -0.39 is 0 Å². The van der Waals surface area contributed by atoms with Crippen LogP contribution < -0.4 is 0 Å². The Labute approximate surface area is 53.7 Å². The summed E-state index contributed by atoms with van der Waals surface area (Å²) in [5, 5.41) is 0.656. The molecule has 0 aliphatic carbocycles. The summed E-state index contributed by atoms with van der Waals surface area (Å²) < 4.78 is 0. The van der Waals surface area contributed by atoms with Gasteiger partial charge in [-0.1, -0.05) is 0 Å². The molecule has 0 saturated carbocycles. The third kappa shape index (κ3) is 1.04. The molecule has 0 amide bonds. The lowest BCUT2D eigenvalue weighted by Gasteiger charge is -1.78. The second-order valence-electron chi connectivity index (χ2n) is 1.47. The molecule has 0 aromatic carbocycles. The van der Waals surface area contributed by atoms with E-state index in [0.29, 0.717) is 5.16 Å². The minimum Gasteiger partial charge on any atom is -0.340 e. The number of hydrogen-bond acceptors (Lipinski definition) is 2. The van der Waals surface area contributed by atoms with Gasteiger partial charge in [0.25, 0.3) is 0 Å². The summed E-state index contributed by atoms with van der Waals surface area (Å²) >= 11 is 3.96. The Balaban J connectivity index is 2.84. The van der Waals surface area contributed by atoms with Gasteiger partial charge in [-0.25, -0.2) is 4.98 Å². The van der Waals surface area contributed by atoms with Crippen molar-refractivity contribution in [2.24, 2.45) is 0 Å². The van der Waals surface area contributed by atoms with E-state index >= 15 is 0 Å². The van der Waals surface area contributed by atoms with Crippen molar-refractivity contribution < 1.29 is 0 Å². The molecule has 2 nitrogen and oxygen atoms in total. The van der Waals surface area contributed by atoms with Gasteiger partial charge in [-0.05, 0) is 13.3 Å². The zero-order chi connectivity index (χ0) is 5.98. The molecule has 8 heavy (non-hydrogen) atoms. The number of thiol groups is 1. The monoisotopic (exact) mass is 127 g/mol. The molecular formula is C5H7N2S. The third-order valence-corrected chi connectivity index (χ3v) is 1.10. The van der Waals surface area contributed by atoms with Crippen LogP contribution in [0.2, 0.25) is 0 Å². The summed E-state index contributed by atoms with van der Waals surface area (Å²) in [5.41, 5.74) is 0.954. The molecule has 0 fully saturated rings. The van der Waals surface area contributed by atoms with Gasteiger partial charge in [0.1, 0.15) is 0 Å². The summed E-state index contributed by atoms with van der Waals surface area (Å²) in [5.74, 6) is 0. The van der Waals surface area contributed by atoms with Crippen LogP contribution in [-0.2, 0) is 6.42 Å². The van der Waals surface area contributed by atoms with Gasteiger partial charge in [0.05, 0.1) is 5.69 Å². The van der Waals surface area contributed by atoms with Gasteiger partial charge in [0.2, 0.25) is 0 Å². The minimum absolute atomic E-state index is 0.656. The second kappa shape index (κ2) is 2.22. The summed E-state index contributed by atoms with van der Waals surface area (Å²) in [4.78, 5) is 6.81. The number of aromatic nitrogens is 2. The Bertz CT molecular complexity index is 171. The highest BCUT2D eigenvalue weighted by molar-refractivity contribution is 7.80. The fourth-order valence-corrected chi connectivity index (χ4v) is 0.669. The molecule has 0 bridgehead atoms. The summed E-state index contributed by atoms with van der Waals surface area (Å²) in [6.07, 6.45) is 2.52. The van der Waals surface area contributed by atoms with Crippen molar-refractivity contribution in [1.82, 2.24) is 9.97 Å². The highest BCUT2D eigenvalue weighted by atomic mass is 32.1. The van der Waals surface area contributed by atoms with Crippen molar-refractivity contribution in [3.05, 3.63) is 18.8 Å². The quantitative estimate of drug-likeness (QED) is 0.543. The molecule has 0 unspecified atom stereocenters. The fourth-order valence-electron chi connectivity index (χ4n) is 0.477. The number of aromatic amines is 1. The van der Waals surface area contributed by atoms with Crippen LogP contribution in [0.5, 0.6) is 0 Å². The Kier molecular flexibility index (Phi) is 1.58. The van der Waals surface area contributed by atoms with Crippen molar-refractivity contribution >= 4 is 12.6 Å². The Hall–Kier alpha value is -0.440. The van der Waals surface area contributed by atoms with Crippen LogP contribution in [0.25, 0.3) is 0 Å². The molecule has 1 rings (SSSR count). The number of nitrogens with one attached hydrogen (secondary N) is 1. The van der Waals surface area contributed by atoms with E-state index in [4.69, 9.17) is 0 Å². The first kappa shape index (κ1) is 5.69. The number of imidazole rings is 1. The van der Waals surface area contributed by atoms with E-state index in [1.165, 1.54) is 0 Å². The molecule has 1 heterocycles. The molecule has 1 aromatic rings. The zero-order valence-corrected chi connectivity index (χ0v) is 5.28. The first-order valence-corrected chi connectivity index (χ1v) is 2.80. The van der Waals surface area contributed by atoms with E-state index in [0.717, 1.165) is 12.1 Å². The molecule has 1 radical (unpaired) electrons. The summed E-state index contributed by atoms with van der Waals surface area (Å²) in [6, 6.07) is 0. The van der Waals surface area contributed by atoms with E-state index in [2.05, 4.69) is 29.5 Å². The first-order valence-electron chi connectivity index (χ1n) is 2.35. The standard InChI is InChI=1S/C5H7N2S/c1-2-4-3-6-5(8)7-4/h3H,1-2H2,(H2,6,7,8). The number of nitrogens with zero attached hydrogens (tertiary/aromatic N) is 1. The first-order chi connectivity index (χ1) is 3.83. The SMILES string of the molecule is [CH2]Cc1c[nH]c(S)n1. The average molecular weight is 127 g/mol. The predicted octanol–water partition coefficient (Wildman–Crippen LogP) is 1.07. The minimum atomic E-state index is 0.656. The van der Waals surface area contributed by atoms with Crippen LogP contribution in [0.4, 0.5) is 0 Å². The largest absolute Gasteiger partial charge is 0.340 e. The number of hydrogen-bond donors (Lipinski definition) is 2. The second-order valence-corrected chi connectivity index (χ2v) is 1.89. The third-order valence-electron chi connectivity index (χ3n) is 0.874. The molecule has 0 spiro atoms. The lowest BCUT2D eigenvalue weighted by molar-refractivity contribution is 1.03. The van der Waals surface area contributed by atoms with Crippen LogP contribution in [0.15, 0.2) is 11.4 Å². The van der Waals surface area contributed by atoms with E-state index in [1.807, 2.05) is 0 Å². The van der Waals surface area contributed by atoms with Crippen molar-refractivity contribution in [1.29, 1.82) is 0 Å². The summed E-state index contributed by atoms with van der Waals surface area (Å²) in [7, 11) is 0. The normalized spacial score (nSPS) is 9.75. The van der Waals surface area contributed by atoms with Crippen molar-refractivity contribution in [2.75, 3.05) is 0 Å². The summed E-state index contributed by atoms with van der Waals surface area (Å²) in [6.45, 7) is 3.65. The predicted molar refractivity (Wildman–Crippen MR) is 34.9 cm³/mol.